The molecule has 2 aromatic rings. The van der Waals surface area contributed by atoms with Crippen LogP contribution in [0.1, 0.15) is 38.5 Å². The Bertz CT molecular complexity index is 599. The predicted molar refractivity (Wildman–Crippen MR) is 94.5 cm³/mol. The van der Waals surface area contributed by atoms with Crippen molar-refractivity contribution in [2.24, 2.45) is 0 Å². The van der Waals surface area contributed by atoms with Crippen LogP contribution in [0.4, 0.5) is 0 Å². The second-order valence-electron chi connectivity index (χ2n) is 5.44. The van der Waals surface area contributed by atoms with Crippen molar-refractivity contribution >= 4 is 34.0 Å². The van der Waals surface area contributed by atoms with E-state index in [1.54, 1.807) is 12.1 Å². The zero-order valence-corrected chi connectivity index (χ0v) is 14.2. The van der Waals surface area contributed by atoms with Crippen LogP contribution in [0.2, 0.25) is 5.02 Å². The van der Waals surface area contributed by atoms with Gasteiger partial charge < -0.3 is 9.84 Å². The first-order valence-electron chi connectivity index (χ1n) is 7.82. The Labute approximate surface area is 142 Å². The number of unbranched alkanes of at least 4 members (excludes halogenated alkanes) is 5. The Hall–Kier alpha value is -1.12. The molecule has 0 aliphatic rings. The molecule has 1 N–H and O–H groups in total. The van der Waals surface area contributed by atoms with Gasteiger partial charge in [-0.1, -0.05) is 43.4 Å². The van der Waals surface area contributed by atoms with Crippen LogP contribution in [0.3, 0.4) is 0 Å². The van der Waals surface area contributed by atoms with Crippen LogP contribution in [0.15, 0.2) is 30.3 Å². The van der Waals surface area contributed by atoms with Gasteiger partial charge in [-0.2, -0.15) is 0 Å². The van der Waals surface area contributed by atoms with Gasteiger partial charge in [-0.25, -0.2) is 0 Å². The minimum atomic E-state index is 0.242. The highest BCUT2D eigenvalue weighted by atomic mass is 35.5. The van der Waals surface area contributed by atoms with Crippen molar-refractivity contribution in [3.05, 3.63) is 35.4 Å². The second kappa shape index (κ2) is 9.12. The molecule has 0 spiro atoms. The minimum Gasteiger partial charge on any atom is -0.508 e. The van der Waals surface area contributed by atoms with Crippen molar-refractivity contribution in [3.8, 4) is 11.5 Å². The third kappa shape index (κ3) is 4.96. The minimum absolute atomic E-state index is 0.242. The molecule has 0 unspecified atom stereocenters. The van der Waals surface area contributed by atoms with Crippen molar-refractivity contribution in [2.45, 2.75) is 38.5 Å². The Morgan fingerprint density at radius 2 is 1.64 bits per heavy atom. The molecular weight excluding hydrogens is 319 g/mol. The molecule has 2 aromatic carbocycles. The van der Waals surface area contributed by atoms with Crippen molar-refractivity contribution in [3.63, 3.8) is 0 Å². The molecule has 0 aromatic heterocycles. The number of halogens is 2. The van der Waals surface area contributed by atoms with Crippen LogP contribution in [-0.2, 0) is 0 Å². The molecular formula is C18H22Cl2O2. The number of phenols is 1. The summed E-state index contributed by atoms with van der Waals surface area (Å²) in [5, 5.41) is 11.9. The smallest absolute Gasteiger partial charge is 0.138 e. The molecule has 4 heteroatoms. The average molecular weight is 341 g/mol. The van der Waals surface area contributed by atoms with E-state index in [4.69, 9.17) is 27.9 Å². The molecule has 0 bridgehead atoms. The molecule has 0 atom stereocenters. The zero-order valence-electron chi connectivity index (χ0n) is 12.7. The van der Waals surface area contributed by atoms with E-state index in [1.165, 1.54) is 25.7 Å². The van der Waals surface area contributed by atoms with Crippen molar-refractivity contribution in [2.75, 3.05) is 12.5 Å². The van der Waals surface area contributed by atoms with Gasteiger partial charge in [0.2, 0.25) is 0 Å². The highest BCUT2D eigenvalue weighted by Gasteiger charge is 2.07. The maximum atomic E-state index is 9.49. The summed E-state index contributed by atoms with van der Waals surface area (Å²) in [4.78, 5) is 0. The third-order valence-electron chi connectivity index (χ3n) is 3.69. The first kappa shape index (κ1) is 17.2. The first-order chi connectivity index (χ1) is 10.7. The number of ether oxygens (including phenoxy) is 1. The summed E-state index contributed by atoms with van der Waals surface area (Å²) in [6.45, 7) is 0.679. The van der Waals surface area contributed by atoms with E-state index in [9.17, 15) is 5.11 Å². The fourth-order valence-corrected chi connectivity index (χ4v) is 2.94. The lowest BCUT2D eigenvalue weighted by Gasteiger charge is -2.10. The highest BCUT2D eigenvalue weighted by Crippen LogP contribution is 2.34. The lowest BCUT2D eigenvalue weighted by molar-refractivity contribution is 0.305. The quantitative estimate of drug-likeness (QED) is 0.437. The van der Waals surface area contributed by atoms with Crippen LogP contribution in [0.5, 0.6) is 11.5 Å². The van der Waals surface area contributed by atoms with Gasteiger partial charge in [0.05, 0.1) is 11.6 Å². The topological polar surface area (TPSA) is 29.5 Å². The standard InChI is InChI=1S/C18H22Cl2O2/c19-11-5-3-1-2-4-6-12-22-17-10-7-14-13-15(21)8-9-16(14)18(17)20/h7-10,13,21H,1-6,11-12H2. The van der Waals surface area contributed by atoms with Crippen LogP contribution >= 0.6 is 23.2 Å². The fraction of sp³-hybridized carbons (Fsp3) is 0.444. The number of benzene rings is 2. The third-order valence-corrected chi connectivity index (χ3v) is 4.34. The molecule has 0 aliphatic carbocycles. The second-order valence-corrected chi connectivity index (χ2v) is 6.20. The van der Waals surface area contributed by atoms with Gasteiger partial charge >= 0.3 is 0 Å². The van der Waals surface area contributed by atoms with E-state index in [2.05, 4.69) is 0 Å². The number of aromatic hydroxyl groups is 1. The molecule has 0 aliphatic heterocycles. The number of hydrogen-bond acceptors (Lipinski definition) is 2. The lowest BCUT2D eigenvalue weighted by atomic mass is 10.1. The predicted octanol–water partition coefficient (Wildman–Crippen LogP) is 6.16. The summed E-state index contributed by atoms with van der Waals surface area (Å²) in [6, 6.07) is 8.94. The molecule has 2 rings (SSSR count). The maximum Gasteiger partial charge on any atom is 0.138 e. The average Bonchev–Trinajstić information content (AvgIpc) is 2.52. The number of fused-ring (bicyclic) bond motifs is 1. The van der Waals surface area contributed by atoms with Gasteiger partial charge in [-0.05, 0) is 42.5 Å². The molecule has 0 saturated carbocycles. The first-order valence-corrected chi connectivity index (χ1v) is 8.73. The van der Waals surface area contributed by atoms with Gasteiger partial charge in [-0.15, -0.1) is 11.6 Å². The van der Waals surface area contributed by atoms with Gasteiger partial charge in [0.1, 0.15) is 11.5 Å². The zero-order chi connectivity index (χ0) is 15.8. The Kier molecular flexibility index (Phi) is 7.14. The Morgan fingerprint density at radius 1 is 0.909 bits per heavy atom. The number of phenolic OH excluding ortho intramolecular Hbond substituents is 1. The molecule has 0 radical (unpaired) electrons. The van der Waals surface area contributed by atoms with Crippen LogP contribution < -0.4 is 4.74 Å². The molecule has 22 heavy (non-hydrogen) atoms. The summed E-state index contributed by atoms with van der Waals surface area (Å²) in [5.41, 5.74) is 0. The maximum absolute atomic E-state index is 9.49. The molecule has 0 saturated heterocycles. The van der Waals surface area contributed by atoms with Gasteiger partial charge in [-0.3, -0.25) is 0 Å². The highest BCUT2D eigenvalue weighted by molar-refractivity contribution is 6.37. The molecule has 120 valence electrons. The summed E-state index contributed by atoms with van der Waals surface area (Å²) in [7, 11) is 0. The molecule has 0 fully saturated rings. The van der Waals surface area contributed by atoms with Crippen molar-refractivity contribution in [1.82, 2.24) is 0 Å². The normalized spacial score (nSPS) is 11.0. The van der Waals surface area contributed by atoms with Gasteiger partial charge in [0, 0.05) is 11.3 Å². The van der Waals surface area contributed by atoms with E-state index in [-0.39, 0.29) is 5.75 Å². The van der Waals surface area contributed by atoms with Crippen LogP contribution in [-0.4, -0.2) is 17.6 Å². The van der Waals surface area contributed by atoms with E-state index in [0.29, 0.717) is 17.4 Å². The number of alkyl halides is 1. The number of rotatable bonds is 9. The van der Waals surface area contributed by atoms with Crippen LogP contribution in [0, 0.1) is 0 Å². The fourth-order valence-electron chi connectivity index (χ4n) is 2.46. The van der Waals surface area contributed by atoms with Gasteiger partial charge in [0.15, 0.2) is 0 Å². The van der Waals surface area contributed by atoms with Crippen LogP contribution in [0.25, 0.3) is 10.8 Å². The Morgan fingerprint density at radius 3 is 2.41 bits per heavy atom. The van der Waals surface area contributed by atoms with E-state index in [0.717, 1.165) is 29.5 Å². The summed E-state index contributed by atoms with van der Waals surface area (Å²) in [5.74, 6) is 1.72. The largest absolute Gasteiger partial charge is 0.508 e. The van der Waals surface area contributed by atoms with Crippen molar-refractivity contribution < 1.29 is 9.84 Å². The summed E-state index contributed by atoms with van der Waals surface area (Å²) >= 11 is 12.0. The summed E-state index contributed by atoms with van der Waals surface area (Å²) < 4.78 is 5.79. The monoisotopic (exact) mass is 340 g/mol. The Balaban J connectivity index is 1.80. The van der Waals surface area contributed by atoms with Gasteiger partial charge in [0.25, 0.3) is 0 Å². The van der Waals surface area contributed by atoms with E-state index < -0.39 is 0 Å². The summed E-state index contributed by atoms with van der Waals surface area (Å²) in [6.07, 6.45) is 7.00. The molecule has 0 amide bonds. The van der Waals surface area contributed by atoms with E-state index in [1.807, 2.05) is 18.2 Å². The van der Waals surface area contributed by atoms with E-state index >= 15 is 0 Å². The molecule has 2 nitrogen and oxygen atoms in total. The van der Waals surface area contributed by atoms with Crippen molar-refractivity contribution in [1.29, 1.82) is 0 Å². The SMILES string of the molecule is Oc1ccc2c(Cl)c(OCCCCCCCCCl)ccc2c1. The lowest BCUT2D eigenvalue weighted by Crippen LogP contribution is -1.98. The molecule has 0 heterocycles. The number of hydrogen-bond donors (Lipinski definition) is 1.